The third-order valence-electron chi connectivity index (χ3n) is 5.35. The molecule has 2 N–H and O–H groups in total. The number of anilines is 1. The van der Waals surface area contributed by atoms with Crippen LogP contribution in [-0.2, 0) is 19.6 Å². The van der Waals surface area contributed by atoms with Crippen LogP contribution in [0.5, 0.6) is 5.75 Å². The molecule has 1 aromatic carbocycles. The zero-order chi connectivity index (χ0) is 19.8. The average molecular weight is 396 g/mol. The van der Waals surface area contributed by atoms with E-state index in [1.165, 1.54) is 26.2 Å². The Labute approximate surface area is 158 Å². The second kappa shape index (κ2) is 7.47. The Balaban J connectivity index is 2.08. The fraction of sp³-hybridized carbons (Fsp3) is 0.556. The third-order valence-corrected chi connectivity index (χ3v) is 7.31. The summed E-state index contributed by atoms with van der Waals surface area (Å²) < 4.78 is 33.4. The number of benzene rings is 1. The fourth-order valence-electron chi connectivity index (χ4n) is 4.25. The van der Waals surface area contributed by atoms with Crippen LogP contribution in [0.25, 0.3) is 0 Å². The number of ether oxygens (including phenoxy) is 1. The number of aliphatic carboxylic acids is 1. The van der Waals surface area contributed by atoms with E-state index in [0.717, 1.165) is 23.6 Å². The predicted octanol–water partition coefficient (Wildman–Crippen LogP) is 2.06. The van der Waals surface area contributed by atoms with Crippen molar-refractivity contribution in [1.29, 1.82) is 0 Å². The number of nitrogens with one attached hydrogen (secondary N) is 1. The summed E-state index contributed by atoms with van der Waals surface area (Å²) in [7, 11) is -2.77. The topological polar surface area (TPSA) is 113 Å². The number of carbonyl (C=O) groups excluding carboxylic acids is 1. The second-order valence-corrected chi connectivity index (χ2v) is 8.89. The van der Waals surface area contributed by atoms with Gasteiger partial charge >= 0.3 is 5.97 Å². The molecule has 2 aliphatic rings. The minimum Gasteiger partial charge on any atom is -0.495 e. The molecule has 3 atom stereocenters. The van der Waals surface area contributed by atoms with Crippen LogP contribution < -0.4 is 10.1 Å². The minimum absolute atomic E-state index is 0.0548. The quantitative estimate of drug-likeness (QED) is 0.788. The number of hydrogen-bond donors (Lipinski definition) is 2. The Morgan fingerprint density at radius 2 is 1.96 bits per heavy atom. The van der Waals surface area contributed by atoms with Crippen molar-refractivity contribution in [2.45, 2.75) is 56.0 Å². The van der Waals surface area contributed by atoms with Gasteiger partial charge in [0.25, 0.3) is 0 Å². The van der Waals surface area contributed by atoms with Gasteiger partial charge in [0.1, 0.15) is 16.7 Å². The molecule has 1 heterocycles. The molecular weight excluding hydrogens is 372 g/mol. The van der Waals surface area contributed by atoms with E-state index >= 15 is 0 Å². The highest BCUT2D eigenvalue weighted by atomic mass is 32.2. The lowest BCUT2D eigenvalue weighted by molar-refractivity contribution is -0.141. The number of methoxy groups -OCH3 is 1. The van der Waals surface area contributed by atoms with E-state index in [1.807, 2.05) is 0 Å². The standard InChI is InChI=1S/C18H24N2O6S/c1-11(21)19-13-7-8-16(26-2)17(10-13)27(24,25)20-14-6-4-3-5-12(14)9-15(20)18(22)23/h7-8,10,12,14-15H,3-6,9H2,1-2H3,(H,19,21)(H,22,23). The Morgan fingerprint density at radius 3 is 2.59 bits per heavy atom. The van der Waals surface area contributed by atoms with Crippen LogP contribution in [-0.4, -0.2) is 48.9 Å². The first-order chi connectivity index (χ1) is 12.8. The van der Waals surface area contributed by atoms with Crippen LogP contribution in [0.1, 0.15) is 39.0 Å². The highest BCUT2D eigenvalue weighted by molar-refractivity contribution is 7.89. The monoisotopic (exact) mass is 396 g/mol. The number of carboxylic acid groups (broad SMARTS) is 1. The van der Waals surface area contributed by atoms with E-state index in [9.17, 15) is 23.1 Å². The molecule has 3 unspecified atom stereocenters. The Morgan fingerprint density at radius 1 is 1.26 bits per heavy atom. The molecule has 148 valence electrons. The van der Waals surface area contributed by atoms with Crippen molar-refractivity contribution < 1.29 is 27.9 Å². The molecule has 1 aliphatic carbocycles. The molecule has 0 bridgehead atoms. The van der Waals surface area contributed by atoms with E-state index in [2.05, 4.69) is 5.32 Å². The number of carboxylic acids is 1. The van der Waals surface area contributed by atoms with Gasteiger partial charge in [-0.05, 0) is 43.4 Å². The lowest BCUT2D eigenvalue weighted by Crippen LogP contribution is -2.46. The zero-order valence-electron chi connectivity index (χ0n) is 15.3. The van der Waals surface area contributed by atoms with Gasteiger partial charge in [-0.15, -0.1) is 0 Å². The summed E-state index contributed by atoms with van der Waals surface area (Å²) in [6.07, 6.45) is 3.68. The van der Waals surface area contributed by atoms with E-state index in [4.69, 9.17) is 4.74 Å². The molecule has 1 saturated heterocycles. The smallest absolute Gasteiger partial charge is 0.322 e. The summed E-state index contributed by atoms with van der Waals surface area (Å²) in [6, 6.07) is 2.92. The van der Waals surface area contributed by atoms with Crippen molar-refractivity contribution in [3.8, 4) is 5.75 Å². The molecule has 1 amide bonds. The normalized spacial score (nSPS) is 25.6. The lowest BCUT2D eigenvalue weighted by Gasteiger charge is -2.32. The van der Waals surface area contributed by atoms with Gasteiger partial charge in [-0.25, -0.2) is 8.42 Å². The first kappa shape index (κ1) is 19.6. The maximum Gasteiger partial charge on any atom is 0.322 e. The molecule has 9 heteroatoms. The van der Waals surface area contributed by atoms with Crippen LogP contribution in [0.2, 0.25) is 0 Å². The number of fused-ring (bicyclic) bond motifs is 1. The molecule has 8 nitrogen and oxygen atoms in total. The summed E-state index contributed by atoms with van der Waals surface area (Å²) >= 11 is 0. The van der Waals surface area contributed by atoms with E-state index < -0.39 is 22.0 Å². The number of nitrogens with zero attached hydrogens (tertiary/aromatic N) is 1. The van der Waals surface area contributed by atoms with Crippen LogP contribution >= 0.6 is 0 Å². The summed E-state index contributed by atoms with van der Waals surface area (Å²) in [4.78, 5) is 23.0. The Bertz CT molecular complexity index is 853. The van der Waals surface area contributed by atoms with Crippen LogP contribution in [0.4, 0.5) is 5.69 Å². The van der Waals surface area contributed by atoms with E-state index in [-0.39, 0.29) is 28.5 Å². The summed E-state index contributed by atoms with van der Waals surface area (Å²) in [5.74, 6) is -1.29. The van der Waals surface area contributed by atoms with Gasteiger partial charge < -0.3 is 15.2 Å². The van der Waals surface area contributed by atoms with Gasteiger partial charge in [-0.2, -0.15) is 4.31 Å². The van der Waals surface area contributed by atoms with Gasteiger partial charge in [-0.3, -0.25) is 9.59 Å². The van der Waals surface area contributed by atoms with Crippen molar-refractivity contribution in [2.24, 2.45) is 5.92 Å². The van der Waals surface area contributed by atoms with Gasteiger partial charge in [-0.1, -0.05) is 12.8 Å². The lowest BCUT2D eigenvalue weighted by atomic mass is 9.85. The maximum atomic E-state index is 13.5. The highest BCUT2D eigenvalue weighted by Gasteiger charge is 2.51. The molecule has 2 fully saturated rings. The number of rotatable bonds is 5. The average Bonchev–Trinajstić information content (AvgIpc) is 3.02. The summed E-state index contributed by atoms with van der Waals surface area (Å²) in [5.41, 5.74) is 0.313. The molecule has 0 spiro atoms. The van der Waals surface area contributed by atoms with Crippen molar-refractivity contribution in [3.05, 3.63) is 18.2 Å². The highest BCUT2D eigenvalue weighted by Crippen LogP contribution is 2.44. The first-order valence-corrected chi connectivity index (χ1v) is 10.4. The summed E-state index contributed by atoms with van der Waals surface area (Å²) in [5, 5.41) is 12.2. The predicted molar refractivity (Wildman–Crippen MR) is 98.1 cm³/mol. The van der Waals surface area contributed by atoms with Crippen molar-refractivity contribution in [1.82, 2.24) is 4.31 Å². The van der Waals surface area contributed by atoms with Crippen molar-refractivity contribution in [3.63, 3.8) is 0 Å². The molecular formula is C18H24N2O6S. The number of sulfonamides is 1. The Kier molecular flexibility index (Phi) is 5.43. The molecule has 27 heavy (non-hydrogen) atoms. The van der Waals surface area contributed by atoms with E-state index in [1.54, 1.807) is 6.07 Å². The Hall–Kier alpha value is -2.13. The summed E-state index contributed by atoms with van der Waals surface area (Å²) in [6.45, 7) is 1.33. The van der Waals surface area contributed by atoms with Gasteiger partial charge in [0.15, 0.2) is 0 Å². The van der Waals surface area contributed by atoms with Crippen molar-refractivity contribution >= 4 is 27.6 Å². The largest absolute Gasteiger partial charge is 0.495 e. The number of carbonyl (C=O) groups is 2. The molecule has 0 radical (unpaired) electrons. The van der Waals surface area contributed by atoms with Crippen LogP contribution in [0.3, 0.4) is 0 Å². The van der Waals surface area contributed by atoms with Crippen LogP contribution in [0, 0.1) is 5.92 Å². The first-order valence-electron chi connectivity index (χ1n) is 8.97. The third kappa shape index (κ3) is 3.66. The SMILES string of the molecule is COc1ccc(NC(C)=O)cc1S(=O)(=O)N1C(C(=O)O)CC2CCCCC21. The van der Waals surface area contributed by atoms with Crippen LogP contribution in [0.15, 0.2) is 23.1 Å². The zero-order valence-corrected chi connectivity index (χ0v) is 16.2. The van der Waals surface area contributed by atoms with Gasteiger partial charge in [0, 0.05) is 18.7 Å². The maximum absolute atomic E-state index is 13.5. The molecule has 3 rings (SSSR count). The fourth-order valence-corrected chi connectivity index (χ4v) is 6.30. The van der Waals surface area contributed by atoms with Gasteiger partial charge in [0.05, 0.1) is 7.11 Å². The minimum atomic E-state index is -4.13. The molecule has 1 aromatic rings. The number of hydrogen-bond acceptors (Lipinski definition) is 5. The molecule has 1 aliphatic heterocycles. The van der Waals surface area contributed by atoms with E-state index in [0.29, 0.717) is 18.5 Å². The number of amides is 1. The van der Waals surface area contributed by atoms with Crippen molar-refractivity contribution in [2.75, 3.05) is 12.4 Å². The second-order valence-electron chi connectivity index (χ2n) is 7.08. The molecule has 1 saturated carbocycles. The van der Waals surface area contributed by atoms with Gasteiger partial charge in [0.2, 0.25) is 15.9 Å². The molecule has 0 aromatic heterocycles.